The Morgan fingerprint density at radius 2 is 1.08 bits per heavy atom. The van der Waals surface area contributed by atoms with Gasteiger partial charge in [-0.15, -0.1) is 11.3 Å². The normalized spacial score (nSPS) is 15.1. The summed E-state index contributed by atoms with van der Waals surface area (Å²) >= 11 is 1.88. The van der Waals surface area contributed by atoms with E-state index in [1.807, 2.05) is 11.3 Å². The van der Waals surface area contributed by atoms with Gasteiger partial charge < -0.3 is 9.47 Å². The molecule has 3 heteroatoms. The zero-order valence-electron chi connectivity index (χ0n) is 30.3. The molecule has 254 valence electrons. The highest BCUT2D eigenvalue weighted by molar-refractivity contribution is 7.25. The first-order chi connectivity index (χ1) is 25.8. The van der Waals surface area contributed by atoms with Crippen molar-refractivity contribution in [2.45, 2.75) is 38.5 Å². The minimum absolute atomic E-state index is 0.0644. The van der Waals surface area contributed by atoms with Crippen molar-refractivity contribution in [1.29, 1.82) is 0 Å². The molecule has 0 N–H and O–H groups in total. The zero-order valence-corrected chi connectivity index (χ0v) is 31.1. The molecule has 2 nitrogen and oxygen atoms in total. The molecular formula is C50H38N2S. The fraction of sp³-hybridized carbons (Fsp3) is 0.120. The van der Waals surface area contributed by atoms with Crippen LogP contribution >= 0.6 is 11.3 Å². The predicted octanol–water partition coefficient (Wildman–Crippen LogP) is 14.1. The third-order valence-electron chi connectivity index (χ3n) is 12.2. The van der Waals surface area contributed by atoms with Gasteiger partial charge >= 0.3 is 0 Å². The molecule has 0 radical (unpaired) electrons. The molecule has 0 unspecified atom stereocenters. The molecular weight excluding hydrogens is 661 g/mol. The van der Waals surface area contributed by atoms with Crippen molar-refractivity contribution in [2.24, 2.45) is 0 Å². The number of nitrogens with zero attached hydrogens (tertiary/aromatic N) is 2. The van der Waals surface area contributed by atoms with Crippen LogP contribution < -0.4 is 4.90 Å². The van der Waals surface area contributed by atoms with E-state index in [2.05, 4.69) is 195 Å². The molecule has 0 amide bonds. The number of anilines is 3. The molecule has 53 heavy (non-hydrogen) atoms. The van der Waals surface area contributed by atoms with Crippen molar-refractivity contribution >= 4 is 59.6 Å². The van der Waals surface area contributed by atoms with E-state index in [0.29, 0.717) is 0 Å². The Hall–Kier alpha value is -5.90. The van der Waals surface area contributed by atoms with Crippen LogP contribution in [0.4, 0.5) is 17.1 Å². The van der Waals surface area contributed by atoms with E-state index >= 15 is 0 Å². The number of para-hydroxylation sites is 2. The summed E-state index contributed by atoms with van der Waals surface area (Å²) < 4.78 is 3.77. The van der Waals surface area contributed by atoms with Crippen molar-refractivity contribution in [3.63, 3.8) is 0 Å². The minimum Gasteiger partial charge on any atom is -0.310 e. The lowest BCUT2D eigenvalue weighted by atomic mass is 9.72. The highest BCUT2D eigenvalue weighted by Crippen LogP contribution is 2.55. The minimum atomic E-state index is -0.179. The van der Waals surface area contributed by atoms with Gasteiger partial charge in [0.1, 0.15) is 4.83 Å². The number of rotatable bonds is 3. The van der Waals surface area contributed by atoms with E-state index in [-0.39, 0.29) is 10.8 Å². The van der Waals surface area contributed by atoms with Crippen LogP contribution in [0.15, 0.2) is 158 Å². The predicted molar refractivity (Wildman–Crippen MR) is 226 cm³/mol. The van der Waals surface area contributed by atoms with Crippen LogP contribution in [0.3, 0.4) is 0 Å². The van der Waals surface area contributed by atoms with Gasteiger partial charge in [0, 0.05) is 43.1 Å². The molecule has 11 rings (SSSR count). The molecule has 0 spiro atoms. The highest BCUT2D eigenvalue weighted by atomic mass is 32.1. The van der Waals surface area contributed by atoms with Crippen molar-refractivity contribution < 1.29 is 0 Å². The van der Waals surface area contributed by atoms with Crippen molar-refractivity contribution in [2.75, 3.05) is 4.90 Å². The molecule has 1 aliphatic carbocycles. The van der Waals surface area contributed by atoms with E-state index in [0.717, 1.165) is 0 Å². The molecule has 0 saturated carbocycles. The smallest absolute Gasteiger partial charge is 0.109 e. The quantitative estimate of drug-likeness (QED) is 0.178. The molecule has 2 aliphatic rings. The fourth-order valence-corrected chi connectivity index (χ4v) is 10.7. The van der Waals surface area contributed by atoms with E-state index in [4.69, 9.17) is 0 Å². The Kier molecular flexibility index (Phi) is 6.27. The van der Waals surface area contributed by atoms with Gasteiger partial charge in [0.15, 0.2) is 0 Å². The lowest BCUT2D eigenvalue weighted by Crippen LogP contribution is -2.30. The van der Waals surface area contributed by atoms with Crippen molar-refractivity contribution in [1.82, 2.24) is 4.57 Å². The lowest BCUT2D eigenvalue weighted by Gasteiger charge is -2.42. The maximum atomic E-state index is 2.50. The van der Waals surface area contributed by atoms with E-state index < -0.39 is 0 Å². The monoisotopic (exact) mass is 698 g/mol. The van der Waals surface area contributed by atoms with Gasteiger partial charge in [-0.1, -0.05) is 131 Å². The zero-order chi connectivity index (χ0) is 35.6. The second-order valence-electron chi connectivity index (χ2n) is 15.8. The standard InChI is InChI=1S/C50H38N2S/c1-49(2)39-16-8-5-13-35(39)36-27-26-34(30-41(36)49)51-44-19-11-9-17-40(44)50(3,4)42-29-32(23-28-45(42)51)31-21-24-33(25-22-31)52-43-18-10-6-14-37(43)47-38-15-7-12-20-46(38)53-48(47)52/h5-30H,1-4H3. The van der Waals surface area contributed by atoms with E-state index in [1.165, 1.54) is 98.5 Å². The molecule has 7 aromatic carbocycles. The second-order valence-corrected chi connectivity index (χ2v) is 16.8. The van der Waals surface area contributed by atoms with Crippen molar-refractivity contribution in [3.05, 3.63) is 180 Å². The largest absolute Gasteiger partial charge is 0.310 e. The first-order valence-corrected chi connectivity index (χ1v) is 19.4. The number of fused-ring (bicyclic) bond motifs is 10. The number of hydrogen-bond donors (Lipinski definition) is 0. The summed E-state index contributed by atoms with van der Waals surface area (Å²) in [4.78, 5) is 3.79. The van der Waals surface area contributed by atoms with Crippen LogP contribution in [0.25, 0.3) is 59.1 Å². The van der Waals surface area contributed by atoms with Crippen LogP contribution in [0.5, 0.6) is 0 Å². The number of aromatic nitrogens is 1. The van der Waals surface area contributed by atoms with Gasteiger partial charge in [-0.2, -0.15) is 0 Å². The molecule has 0 bridgehead atoms. The molecule has 0 saturated heterocycles. The Labute approximate surface area is 314 Å². The third kappa shape index (κ3) is 4.20. The summed E-state index contributed by atoms with van der Waals surface area (Å²) in [6.45, 7) is 9.49. The van der Waals surface area contributed by atoms with Crippen LogP contribution in [-0.4, -0.2) is 4.57 Å². The topological polar surface area (TPSA) is 8.17 Å². The summed E-state index contributed by atoms with van der Waals surface area (Å²) in [6.07, 6.45) is 0. The first-order valence-electron chi connectivity index (χ1n) is 18.6. The summed E-state index contributed by atoms with van der Waals surface area (Å²) in [5.74, 6) is 0. The Balaban J connectivity index is 1.03. The number of hydrogen-bond acceptors (Lipinski definition) is 2. The van der Waals surface area contributed by atoms with Gasteiger partial charge in [0.25, 0.3) is 0 Å². The lowest BCUT2D eigenvalue weighted by molar-refractivity contribution is 0.631. The molecule has 1 aliphatic heterocycles. The fourth-order valence-electron chi connectivity index (χ4n) is 9.49. The Morgan fingerprint density at radius 3 is 1.92 bits per heavy atom. The Morgan fingerprint density at radius 1 is 0.453 bits per heavy atom. The van der Waals surface area contributed by atoms with E-state index in [1.54, 1.807) is 0 Å². The van der Waals surface area contributed by atoms with Crippen LogP contribution in [0, 0.1) is 0 Å². The molecule has 3 heterocycles. The van der Waals surface area contributed by atoms with Crippen LogP contribution in [0.1, 0.15) is 49.9 Å². The molecule has 9 aromatic rings. The van der Waals surface area contributed by atoms with Crippen molar-refractivity contribution in [3.8, 4) is 27.9 Å². The van der Waals surface area contributed by atoms with Gasteiger partial charge in [0.05, 0.1) is 16.9 Å². The van der Waals surface area contributed by atoms with Crippen LogP contribution in [-0.2, 0) is 10.8 Å². The summed E-state index contributed by atoms with van der Waals surface area (Å²) in [7, 11) is 0. The molecule has 0 fully saturated rings. The SMILES string of the molecule is CC1(C)c2ccccc2-c2ccc(N3c4ccccc4C(C)(C)c4cc(-c5ccc(-n6c7ccccc7c7c8ccccc8sc76)cc5)ccc43)cc21. The molecule has 2 aromatic heterocycles. The summed E-state index contributed by atoms with van der Waals surface area (Å²) in [5, 5.41) is 3.99. The third-order valence-corrected chi connectivity index (χ3v) is 13.4. The maximum absolute atomic E-state index is 2.50. The maximum Gasteiger partial charge on any atom is 0.109 e. The molecule has 0 atom stereocenters. The number of thiophene rings is 1. The van der Waals surface area contributed by atoms with Gasteiger partial charge in [-0.05, 0) is 99.1 Å². The van der Waals surface area contributed by atoms with E-state index in [9.17, 15) is 0 Å². The number of benzene rings is 7. The average molecular weight is 699 g/mol. The first kappa shape index (κ1) is 30.7. The van der Waals surface area contributed by atoms with Gasteiger partial charge in [-0.3, -0.25) is 0 Å². The average Bonchev–Trinajstić information content (AvgIpc) is 3.80. The van der Waals surface area contributed by atoms with Gasteiger partial charge in [-0.25, -0.2) is 0 Å². The second kappa shape index (κ2) is 10.8. The van der Waals surface area contributed by atoms with Crippen LogP contribution in [0.2, 0.25) is 0 Å². The highest BCUT2D eigenvalue weighted by Gasteiger charge is 2.39. The summed E-state index contributed by atoms with van der Waals surface area (Å²) in [6, 6.07) is 58.9. The summed E-state index contributed by atoms with van der Waals surface area (Å²) in [5.41, 5.74) is 16.5. The van der Waals surface area contributed by atoms with Gasteiger partial charge in [0.2, 0.25) is 0 Å². The Bertz CT molecular complexity index is 2950.